The van der Waals surface area contributed by atoms with E-state index in [1.165, 1.54) is 0 Å². The summed E-state index contributed by atoms with van der Waals surface area (Å²) < 4.78 is 1.80. The van der Waals surface area contributed by atoms with Gasteiger partial charge in [0.25, 0.3) is 0 Å². The van der Waals surface area contributed by atoms with Crippen molar-refractivity contribution in [2.45, 2.75) is 26.2 Å². The highest BCUT2D eigenvalue weighted by atomic mass is 35.5. The molecule has 0 radical (unpaired) electrons. The molecule has 3 nitrogen and oxygen atoms in total. The van der Waals surface area contributed by atoms with E-state index >= 15 is 0 Å². The van der Waals surface area contributed by atoms with Crippen LogP contribution in [0.3, 0.4) is 0 Å². The molecule has 0 atom stereocenters. The number of pyridine rings is 1. The van der Waals surface area contributed by atoms with Crippen molar-refractivity contribution in [2.75, 3.05) is 0 Å². The smallest absolute Gasteiger partial charge is 0.157 e. The first-order chi connectivity index (χ1) is 6.89. The molecule has 0 aliphatic carbocycles. The maximum atomic E-state index is 5.95. The molecule has 0 aliphatic rings. The molecule has 2 heterocycles. The van der Waals surface area contributed by atoms with Crippen LogP contribution in [0.4, 0.5) is 0 Å². The summed E-state index contributed by atoms with van der Waals surface area (Å²) >= 11 is 5.95. The second kappa shape index (κ2) is 3.20. The molecule has 80 valence electrons. The average molecular weight is 224 g/mol. The molecule has 0 N–H and O–H groups in total. The molecule has 0 aliphatic heterocycles. The van der Waals surface area contributed by atoms with Crippen LogP contribution in [0.1, 0.15) is 26.5 Å². The third kappa shape index (κ3) is 1.72. The fourth-order valence-corrected chi connectivity index (χ4v) is 1.83. The molecule has 0 fully saturated rings. The maximum absolute atomic E-state index is 5.95. The molecule has 0 amide bonds. The topological polar surface area (TPSA) is 30.7 Å². The number of nitrogens with zero attached hydrogens (tertiary/aromatic N) is 3. The van der Waals surface area contributed by atoms with Crippen LogP contribution >= 0.6 is 11.6 Å². The molecule has 0 bridgehead atoms. The van der Waals surface area contributed by atoms with Gasteiger partial charge in [0, 0.05) is 24.0 Å². The summed E-state index contributed by atoms with van der Waals surface area (Å²) in [6.45, 7) is 6.40. The normalized spacial score (nSPS) is 12.3. The van der Waals surface area contributed by atoms with Gasteiger partial charge in [0.1, 0.15) is 0 Å². The lowest BCUT2D eigenvalue weighted by molar-refractivity contribution is 0.558. The van der Waals surface area contributed by atoms with Crippen LogP contribution < -0.4 is 0 Å². The van der Waals surface area contributed by atoms with Crippen LogP contribution in [-0.4, -0.2) is 14.8 Å². The summed E-state index contributed by atoms with van der Waals surface area (Å²) in [5.41, 5.74) is 1.92. The van der Waals surface area contributed by atoms with Crippen molar-refractivity contribution in [2.24, 2.45) is 7.05 Å². The number of aryl methyl sites for hydroxylation is 1. The predicted octanol–water partition coefficient (Wildman–Crippen LogP) is 2.92. The zero-order valence-corrected chi connectivity index (χ0v) is 10.1. The summed E-state index contributed by atoms with van der Waals surface area (Å²) in [4.78, 5) is 4.28. The van der Waals surface area contributed by atoms with Crippen molar-refractivity contribution in [3.05, 3.63) is 23.0 Å². The second-order valence-electron chi connectivity index (χ2n) is 4.75. The lowest BCUT2D eigenvalue weighted by atomic mass is 9.90. The molecule has 0 aromatic carbocycles. The summed E-state index contributed by atoms with van der Waals surface area (Å²) in [6.07, 6.45) is 1.65. The van der Waals surface area contributed by atoms with Crippen LogP contribution in [0, 0.1) is 0 Å². The standard InChI is InChI=1S/C11H14ClN3/c1-11(2,3)9-8-5-7(12)6-13-10(8)15(4)14-9/h5-6H,1-4H3. The number of hydrogen-bond acceptors (Lipinski definition) is 2. The van der Waals surface area contributed by atoms with Gasteiger partial charge in [0.05, 0.1) is 10.7 Å². The Morgan fingerprint density at radius 2 is 2.00 bits per heavy atom. The first-order valence-electron chi connectivity index (χ1n) is 4.88. The Kier molecular flexibility index (Phi) is 2.23. The monoisotopic (exact) mass is 223 g/mol. The van der Waals surface area contributed by atoms with Gasteiger partial charge in [-0.25, -0.2) is 4.98 Å². The molecule has 15 heavy (non-hydrogen) atoms. The van der Waals surface area contributed by atoms with Gasteiger partial charge in [-0.05, 0) is 6.07 Å². The van der Waals surface area contributed by atoms with Crippen molar-refractivity contribution in [3.8, 4) is 0 Å². The van der Waals surface area contributed by atoms with Crippen LogP contribution in [0.15, 0.2) is 12.3 Å². The van der Waals surface area contributed by atoms with E-state index in [-0.39, 0.29) is 5.41 Å². The van der Waals surface area contributed by atoms with Crippen LogP contribution in [-0.2, 0) is 12.5 Å². The lowest BCUT2D eigenvalue weighted by Crippen LogP contribution is -2.12. The first kappa shape index (κ1) is 10.4. The molecule has 0 unspecified atom stereocenters. The third-order valence-electron chi connectivity index (χ3n) is 2.36. The summed E-state index contributed by atoms with van der Waals surface area (Å²) in [5, 5.41) is 6.19. The Balaban J connectivity index is 2.81. The number of halogens is 1. The van der Waals surface area contributed by atoms with Gasteiger partial charge in [-0.2, -0.15) is 5.10 Å². The van der Waals surface area contributed by atoms with Gasteiger partial charge in [-0.15, -0.1) is 0 Å². The minimum Gasteiger partial charge on any atom is -0.250 e. The average Bonchev–Trinajstić information content (AvgIpc) is 2.42. The minimum atomic E-state index is 0.00583. The first-order valence-corrected chi connectivity index (χ1v) is 5.26. The zero-order valence-electron chi connectivity index (χ0n) is 9.37. The molecule has 0 saturated heterocycles. The van der Waals surface area contributed by atoms with E-state index in [1.54, 1.807) is 10.9 Å². The predicted molar refractivity (Wildman–Crippen MR) is 62.2 cm³/mol. The van der Waals surface area contributed by atoms with Gasteiger partial charge in [0.2, 0.25) is 0 Å². The SMILES string of the molecule is Cn1nc(C(C)(C)C)c2cc(Cl)cnc21. The molecule has 2 aromatic rings. The molecule has 2 rings (SSSR count). The Morgan fingerprint density at radius 1 is 1.33 bits per heavy atom. The second-order valence-corrected chi connectivity index (χ2v) is 5.18. The van der Waals surface area contributed by atoms with Crippen LogP contribution in [0.5, 0.6) is 0 Å². The van der Waals surface area contributed by atoms with Crippen molar-refractivity contribution in [1.82, 2.24) is 14.8 Å². The van der Waals surface area contributed by atoms with Gasteiger partial charge in [-0.1, -0.05) is 32.4 Å². The van der Waals surface area contributed by atoms with Gasteiger partial charge in [-0.3, -0.25) is 4.68 Å². The van der Waals surface area contributed by atoms with Crippen LogP contribution in [0.2, 0.25) is 5.02 Å². The minimum absolute atomic E-state index is 0.00583. The van der Waals surface area contributed by atoms with E-state index in [9.17, 15) is 0 Å². The molecule has 0 saturated carbocycles. The van der Waals surface area contributed by atoms with Gasteiger partial charge in [0.15, 0.2) is 5.65 Å². The molecular weight excluding hydrogens is 210 g/mol. The van der Waals surface area contributed by atoms with Crippen molar-refractivity contribution < 1.29 is 0 Å². The van der Waals surface area contributed by atoms with Crippen molar-refractivity contribution >= 4 is 22.6 Å². The Labute approximate surface area is 94.1 Å². The van der Waals surface area contributed by atoms with Crippen LogP contribution in [0.25, 0.3) is 11.0 Å². The Bertz CT molecular complexity index is 508. The quantitative estimate of drug-likeness (QED) is 0.688. The van der Waals surface area contributed by atoms with Crippen molar-refractivity contribution in [3.63, 3.8) is 0 Å². The number of hydrogen-bond donors (Lipinski definition) is 0. The molecule has 2 aromatic heterocycles. The van der Waals surface area contributed by atoms with E-state index in [0.717, 1.165) is 16.7 Å². The summed E-state index contributed by atoms with van der Waals surface area (Å²) in [5.74, 6) is 0. The largest absolute Gasteiger partial charge is 0.250 e. The fraction of sp³-hybridized carbons (Fsp3) is 0.455. The third-order valence-corrected chi connectivity index (χ3v) is 2.56. The van der Waals surface area contributed by atoms with Gasteiger partial charge < -0.3 is 0 Å². The summed E-state index contributed by atoms with van der Waals surface area (Å²) in [7, 11) is 1.90. The highest BCUT2D eigenvalue weighted by molar-refractivity contribution is 6.31. The molecule has 0 spiro atoms. The molecule has 4 heteroatoms. The molecular formula is C11H14ClN3. The fourth-order valence-electron chi connectivity index (χ4n) is 1.67. The van der Waals surface area contributed by atoms with E-state index in [1.807, 2.05) is 13.1 Å². The summed E-state index contributed by atoms with van der Waals surface area (Å²) in [6, 6.07) is 1.93. The highest BCUT2D eigenvalue weighted by Gasteiger charge is 2.22. The Hall–Kier alpha value is -1.09. The maximum Gasteiger partial charge on any atom is 0.157 e. The Morgan fingerprint density at radius 3 is 2.60 bits per heavy atom. The zero-order chi connectivity index (χ0) is 11.2. The van der Waals surface area contributed by atoms with Gasteiger partial charge >= 0.3 is 0 Å². The number of rotatable bonds is 0. The van der Waals surface area contributed by atoms with Crippen molar-refractivity contribution in [1.29, 1.82) is 0 Å². The van der Waals surface area contributed by atoms with E-state index in [0.29, 0.717) is 5.02 Å². The lowest BCUT2D eigenvalue weighted by Gasteiger charge is -2.15. The number of aromatic nitrogens is 3. The van der Waals surface area contributed by atoms with E-state index < -0.39 is 0 Å². The highest BCUT2D eigenvalue weighted by Crippen LogP contribution is 2.29. The number of fused-ring (bicyclic) bond motifs is 1. The van der Waals surface area contributed by atoms with E-state index in [2.05, 4.69) is 30.9 Å². The van der Waals surface area contributed by atoms with E-state index in [4.69, 9.17) is 11.6 Å².